The average Bonchev–Trinajstić information content (AvgIpc) is 3.04. The molecule has 4 rings (SSSR count). The summed E-state index contributed by atoms with van der Waals surface area (Å²) >= 11 is 6.09. The van der Waals surface area contributed by atoms with Crippen molar-refractivity contribution in [1.29, 1.82) is 0 Å². The van der Waals surface area contributed by atoms with Gasteiger partial charge < -0.3 is 15.1 Å². The Labute approximate surface area is 159 Å². The van der Waals surface area contributed by atoms with E-state index in [1.165, 1.54) is 6.33 Å². The second-order valence-corrected chi connectivity index (χ2v) is 8.32. The zero-order valence-corrected chi connectivity index (χ0v) is 16.2. The lowest BCUT2D eigenvalue weighted by atomic mass is 10.1. The zero-order valence-electron chi connectivity index (χ0n) is 14.5. The summed E-state index contributed by atoms with van der Waals surface area (Å²) in [4.78, 5) is 28.0. The second-order valence-electron chi connectivity index (χ2n) is 6.37. The van der Waals surface area contributed by atoms with Gasteiger partial charge in [-0.1, -0.05) is 29.3 Å². The van der Waals surface area contributed by atoms with Gasteiger partial charge in [0.05, 0.1) is 11.0 Å². The van der Waals surface area contributed by atoms with Crippen molar-refractivity contribution in [2.45, 2.75) is 13.8 Å². The molecule has 0 unspecified atom stereocenters. The minimum absolute atomic E-state index is 0.220. The number of rotatable bonds is 3. The molecule has 0 amide bonds. The second kappa shape index (κ2) is 6.32. The maximum Gasteiger partial charge on any atom is 0.376 e. The lowest BCUT2D eigenvalue weighted by molar-refractivity contribution is 0.386. The molecule has 2 heterocycles. The molecule has 27 heavy (non-hydrogen) atoms. The number of aryl methyl sites for hydroxylation is 2. The summed E-state index contributed by atoms with van der Waals surface area (Å²) in [6, 6.07) is 11.0. The van der Waals surface area contributed by atoms with Crippen molar-refractivity contribution in [2.24, 2.45) is 0 Å². The Bertz CT molecular complexity index is 1250. The summed E-state index contributed by atoms with van der Waals surface area (Å²) in [6.45, 7) is 3.95. The standard InChI is InChI=1S/C18H16ClN4O3P/c1-10-3-5-13(11(2)7-10)21-17-16-18(27(24,25)26)20-9-23(16)15-8-12(19)4-6-14(15)22-17/h3-9H,1-2H3,(H,21,22)(H2,24,25,26). The van der Waals surface area contributed by atoms with Crippen molar-refractivity contribution in [3.63, 3.8) is 0 Å². The number of hydrogen-bond acceptors (Lipinski definition) is 4. The van der Waals surface area contributed by atoms with E-state index in [2.05, 4.69) is 15.3 Å². The number of benzene rings is 2. The molecule has 0 aliphatic carbocycles. The summed E-state index contributed by atoms with van der Waals surface area (Å²) in [5, 5.41) is 3.69. The first kappa shape index (κ1) is 17.9. The Kier molecular flexibility index (Phi) is 4.20. The Morgan fingerprint density at radius 3 is 2.63 bits per heavy atom. The molecular weight excluding hydrogens is 387 g/mol. The smallest absolute Gasteiger partial charge is 0.338 e. The van der Waals surface area contributed by atoms with E-state index < -0.39 is 7.60 Å². The summed E-state index contributed by atoms with van der Waals surface area (Å²) in [6.07, 6.45) is 1.37. The molecule has 9 heteroatoms. The van der Waals surface area contributed by atoms with Crippen LogP contribution < -0.4 is 10.8 Å². The number of aromatic nitrogens is 3. The molecular formula is C18H16ClN4O3P. The molecule has 4 aromatic rings. The first-order valence-corrected chi connectivity index (χ1v) is 10.1. The fourth-order valence-electron chi connectivity index (χ4n) is 3.08. The molecule has 7 nitrogen and oxygen atoms in total. The normalized spacial score (nSPS) is 12.0. The van der Waals surface area contributed by atoms with Crippen molar-refractivity contribution in [3.8, 4) is 0 Å². The average molecular weight is 403 g/mol. The molecule has 3 N–H and O–H groups in total. The molecule has 0 saturated carbocycles. The van der Waals surface area contributed by atoms with E-state index >= 15 is 0 Å². The van der Waals surface area contributed by atoms with E-state index in [0.717, 1.165) is 16.8 Å². The van der Waals surface area contributed by atoms with Crippen LogP contribution in [0, 0.1) is 13.8 Å². The van der Waals surface area contributed by atoms with Crippen molar-refractivity contribution in [2.75, 3.05) is 5.32 Å². The maximum atomic E-state index is 12.0. The summed E-state index contributed by atoms with van der Waals surface area (Å²) in [5.74, 6) is 0.313. The Balaban J connectivity index is 2.03. The highest BCUT2D eigenvalue weighted by Gasteiger charge is 2.27. The molecule has 0 aliphatic rings. The van der Waals surface area contributed by atoms with Crippen LogP contribution in [-0.2, 0) is 4.57 Å². The molecule has 138 valence electrons. The van der Waals surface area contributed by atoms with Crippen LogP contribution in [0.1, 0.15) is 11.1 Å². The van der Waals surface area contributed by atoms with Gasteiger partial charge in [0.2, 0.25) is 0 Å². The predicted molar refractivity (Wildman–Crippen MR) is 106 cm³/mol. The third-order valence-corrected chi connectivity index (χ3v) is 5.43. The summed E-state index contributed by atoms with van der Waals surface area (Å²) in [5.41, 5.74) is 4.01. The van der Waals surface area contributed by atoms with E-state index in [4.69, 9.17) is 11.6 Å². The molecule has 0 aliphatic heterocycles. The van der Waals surface area contributed by atoms with Crippen molar-refractivity contribution in [1.82, 2.24) is 14.4 Å². The molecule has 0 atom stereocenters. The van der Waals surface area contributed by atoms with Crippen molar-refractivity contribution >= 4 is 52.7 Å². The molecule has 0 spiro atoms. The van der Waals surface area contributed by atoms with E-state index in [-0.39, 0.29) is 11.0 Å². The fraction of sp³-hybridized carbons (Fsp3) is 0.111. The lowest BCUT2D eigenvalue weighted by Gasteiger charge is -2.14. The highest BCUT2D eigenvalue weighted by Crippen LogP contribution is 2.37. The van der Waals surface area contributed by atoms with E-state index in [1.807, 2.05) is 32.0 Å². The van der Waals surface area contributed by atoms with Crippen LogP contribution in [-0.4, -0.2) is 24.2 Å². The van der Waals surface area contributed by atoms with Crippen LogP contribution in [0.2, 0.25) is 5.02 Å². The van der Waals surface area contributed by atoms with Gasteiger partial charge in [-0.25, -0.2) is 9.97 Å². The van der Waals surface area contributed by atoms with Gasteiger partial charge in [0.1, 0.15) is 11.8 Å². The molecule has 0 radical (unpaired) electrons. The van der Waals surface area contributed by atoms with Crippen molar-refractivity contribution in [3.05, 3.63) is 58.9 Å². The van der Waals surface area contributed by atoms with Crippen molar-refractivity contribution < 1.29 is 14.4 Å². The van der Waals surface area contributed by atoms with Gasteiger partial charge >= 0.3 is 7.60 Å². The lowest BCUT2D eigenvalue weighted by Crippen LogP contribution is -2.10. The minimum atomic E-state index is -4.60. The third-order valence-electron chi connectivity index (χ3n) is 4.31. The van der Waals surface area contributed by atoms with Gasteiger partial charge in [0, 0.05) is 10.7 Å². The van der Waals surface area contributed by atoms with E-state index in [1.54, 1.807) is 22.6 Å². The third kappa shape index (κ3) is 3.19. The molecule has 2 aromatic carbocycles. The maximum absolute atomic E-state index is 12.0. The Morgan fingerprint density at radius 1 is 1.15 bits per heavy atom. The minimum Gasteiger partial charge on any atom is -0.338 e. The van der Waals surface area contributed by atoms with Crippen LogP contribution in [0.4, 0.5) is 11.5 Å². The number of hydrogen-bond donors (Lipinski definition) is 3. The van der Waals surface area contributed by atoms with Gasteiger partial charge in [-0.2, -0.15) is 0 Å². The van der Waals surface area contributed by atoms with Crippen LogP contribution in [0.3, 0.4) is 0 Å². The van der Waals surface area contributed by atoms with Crippen LogP contribution in [0.25, 0.3) is 16.6 Å². The van der Waals surface area contributed by atoms with Crippen LogP contribution in [0.15, 0.2) is 42.7 Å². The summed E-state index contributed by atoms with van der Waals surface area (Å²) < 4.78 is 13.6. The molecule has 0 bridgehead atoms. The molecule has 0 saturated heterocycles. The first-order valence-electron chi connectivity index (χ1n) is 8.11. The fourth-order valence-corrected chi connectivity index (χ4v) is 3.94. The highest BCUT2D eigenvalue weighted by atomic mass is 35.5. The number of nitrogens with zero attached hydrogens (tertiary/aromatic N) is 3. The van der Waals surface area contributed by atoms with Gasteiger partial charge in [-0.3, -0.25) is 8.97 Å². The summed E-state index contributed by atoms with van der Waals surface area (Å²) in [7, 11) is -4.60. The number of anilines is 2. The highest BCUT2D eigenvalue weighted by molar-refractivity contribution is 7.60. The van der Waals surface area contributed by atoms with Gasteiger partial charge in [0.15, 0.2) is 11.3 Å². The van der Waals surface area contributed by atoms with Gasteiger partial charge in [-0.15, -0.1) is 0 Å². The van der Waals surface area contributed by atoms with E-state index in [0.29, 0.717) is 21.9 Å². The first-order chi connectivity index (χ1) is 12.7. The molecule has 0 fully saturated rings. The monoisotopic (exact) mass is 402 g/mol. The van der Waals surface area contributed by atoms with Gasteiger partial charge in [-0.05, 0) is 43.7 Å². The zero-order chi connectivity index (χ0) is 19.3. The predicted octanol–water partition coefficient (Wildman–Crippen LogP) is 3.70. The Morgan fingerprint density at radius 2 is 1.93 bits per heavy atom. The number of imidazole rings is 1. The van der Waals surface area contributed by atoms with Crippen LogP contribution in [0.5, 0.6) is 0 Å². The van der Waals surface area contributed by atoms with Crippen LogP contribution >= 0.6 is 19.2 Å². The van der Waals surface area contributed by atoms with Gasteiger partial charge in [0.25, 0.3) is 0 Å². The molecule has 2 aromatic heterocycles. The Hall–Kier alpha value is -2.44. The van der Waals surface area contributed by atoms with E-state index in [9.17, 15) is 14.4 Å². The SMILES string of the molecule is Cc1ccc(Nc2nc3ccc(Cl)cc3n3cnc(P(=O)(O)O)c23)c(C)c1. The number of nitrogens with one attached hydrogen (secondary N) is 1. The number of fused-ring (bicyclic) bond motifs is 3. The quantitative estimate of drug-likeness (QED) is 0.452. The number of halogens is 1. The topological polar surface area (TPSA) is 99.8 Å². The largest absolute Gasteiger partial charge is 0.376 e.